The number of benzene rings is 4. The van der Waals surface area contributed by atoms with Crippen molar-refractivity contribution in [3.63, 3.8) is 0 Å². The minimum absolute atomic E-state index is 0.0984. The number of imidazole rings is 1. The molecule has 7 heteroatoms. The second-order valence-corrected chi connectivity index (χ2v) is 10.1. The van der Waals surface area contributed by atoms with Crippen molar-refractivity contribution in [1.82, 2.24) is 9.97 Å². The fraction of sp³-hybridized carbons (Fsp3) is 0.129. The number of aryl methyl sites for hydroxylation is 1. The number of carbonyl (C=O) groups excluding carboxylic acids is 1. The number of hydrogen-bond donors (Lipinski definition) is 2. The summed E-state index contributed by atoms with van der Waals surface area (Å²) >= 11 is 6.42. The van der Waals surface area contributed by atoms with Crippen molar-refractivity contribution < 1.29 is 4.79 Å². The molecule has 2 heterocycles. The Hall–Kier alpha value is -4.42. The first kappa shape index (κ1) is 23.9. The molecule has 0 bridgehead atoms. The van der Waals surface area contributed by atoms with E-state index < -0.39 is 6.04 Å². The Morgan fingerprint density at radius 3 is 2.50 bits per heavy atom. The van der Waals surface area contributed by atoms with Gasteiger partial charge in [0.25, 0.3) is 5.91 Å². The Morgan fingerprint density at radius 1 is 0.842 bits per heavy atom. The van der Waals surface area contributed by atoms with E-state index in [0.29, 0.717) is 28.2 Å². The standard InChI is InChI=1S/C31H25ClN4O2/c1-18-6-5-8-19(14-18)23-9-4-3-7-20(23)15-27-30(37)36(2)28-13-11-22(32)17-24(28)29(33-27)21-10-12-25-26(16-21)35-31(38)34-25/h3-14,16-17,27H,15H2,1-2H3,(H2,34,35,38). The number of amides is 1. The number of aromatic amines is 2. The zero-order chi connectivity index (χ0) is 26.4. The molecule has 2 N–H and O–H groups in total. The smallest absolute Gasteiger partial charge is 0.313 e. The lowest BCUT2D eigenvalue weighted by molar-refractivity contribution is -0.119. The SMILES string of the molecule is Cc1cccc(-c2ccccc2CC2N=C(c3ccc4[nH]c(=O)[nH]c4c3)c3cc(Cl)ccc3N(C)C2=O)c1. The van der Waals surface area contributed by atoms with E-state index in [1.807, 2.05) is 48.5 Å². The Morgan fingerprint density at radius 2 is 1.66 bits per heavy atom. The van der Waals surface area contributed by atoms with E-state index in [1.165, 1.54) is 5.56 Å². The minimum atomic E-state index is -0.659. The minimum Gasteiger partial charge on any atom is -0.313 e. The van der Waals surface area contributed by atoms with E-state index in [2.05, 4.69) is 47.2 Å². The summed E-state index contributed by atoms with van der Waals surface area (Å²) < 4.78 is 0. The molecule has 0 saturated carbocycles. The molecule has 0 aliphatic carbocycles. The van der Waals surface area contributed by atoms with Gasteiger partial charge in [0.1, 0.15) is 6.04 Å². The van der Waals surface area contributed by atoms with E-state index >= 15 is 0 Å². The number of H-pyrrole nitrogens is 2. The van der Waals surface area contributed by atoms with E-state index in [0.717, 1.165) is 33.5 Å². The van der Waals surface area contributed by atoms with Crippen molar-refractivity contribution in [2.24, 2.45) is 4.99 Å². The fourth-order valence-electron chi connectivity index (χ4n) is 5.16. The van der Waals surface area contributed by atoms with Crippen LogP contribution < -0.4 is 10.6 Å². The number of nitrogens with one attached hydrogen (secondary N) is 2. The molecule has 38 heavy (non-hydrogen) atoms. The van der Waals surface area contributed by atoms with Gasteiger partial charge in [0, 0.05) is 29.6 Å². The van der Waals surface area contributed by atoms with Crippen LogP contribution in [0.4, 0.5) is 5.69 Å². The van der Waals surface area contributed by atoms with Gasteiger partial charge in [-0.1, -0.05) is 71.8 Å². The number of anilines is 1. The number of rotatable bonds is 4. The molecule has 4 aromatic carbocycles. The molecule has 1 unspecified atom stereocenters. The van der Waals surface area contributed by atoms with Gasteiger partial charge < -0.3 is 14.9 Å². The van der Waals surface area contributed by atoms with Gasteiger partial charge in [0.05, 0.1) is 22.4 Å². The number of carbonyl (C=O) groups is 1. The van der Waals surface area contributed by atoms with Crippen LogP contribution in [0, 0.1) is 6.92 Å². The highest BCUT2D eigenvalue weighted by Gasteiger charge is 2.31. The van der Waals surface area contributed by atoms with Crippen LogP contribution in [-0.2, 0) is 11.2 Å². The highest BCUT2D eigenvalue weighted by atomic mass is 35.5. The molecule has 188 valence electrons. The third kappa shape index (κ3) is 4.33. The molecule has 0 saturated heterocycles. The molecule has 6 nitrogen and oxygen atoms in total. The van der Waals surface area contributed by atoms with Gasteiger partial charge in [0.15, 0.2) is 0 Å². The van der Waals surface area contributed by atoms with Crippen LogP contribution in [-0.4, -0.2) is 34.7 Å². The first-order valence-corrected chi connectivity index (χ1v) is 12.8. The van der Waals surface area contributed by atoms with Gasteiger partial charge in [-0.3, -0.25) is 9.79 Å². The lowest BCUT2D eigenvalue weighted by Gasteiger charge is -2.21. The number of nitrogens with zero attached hydrogens (tertiary/aromatic N) is 2. The summed E-state index contributed by atoms with van der Waals surface area (Å²) in [6.45, 7) is 2.07. The van der Waals surface area contributed by atoms with Gasteiger partial charge in [-0.25, -0.2) is 4.79 Å². The largest absolute Gasteiger partial charge is 0.323 e. The summed E-state index contributed by atoms with van der Waals surface area (Å²) in [6, 6.07) is 27.0. The van der Waals surface area contributed by atoms with Crippen LogP contribution in [0.3, 0.4) is 0 Å². The van der Waals surface area contributed by atoms with Crippen LogP contribution in [0.5, 0.6) is 0 Å². The number of hydrogen-bond acceptors (Lipinski definition) is 3. The van der Waals surface area contributed by atoms with Crippen molar-refractivity contribution in [3.05, 3.63) is 123 Å². The van der Waals surface area contributed by atoms with Gasteiger partial charge in [0.2, 0.25) is 0 Å². The summed E-state index contributed by atoms with van der Waals surface area (Å²) in [6.07, 6.45) is 0.432. The predicted octanol–water partition coefficient (Wildman–Crippen LogP) is 5.91. The van der Waals surface area contributed by atoms with Crippen LogP contribution in [0.2, 0.25) is 5.02 Å². The summed E-state index contributed by atoms with van der Waals surface area (Å²) in [5.41, 5.74) is 8.45. The van der Waals surface area contributed by atoms with Crippen LogP contribution in [0.1, 0.15) is 22.3 Å². The third-order valence-corrected chi connectivity index (χ3v) is 7.26. The molecule has 1 atom stereocenters. The molecule has 5 aromatic rings. The molecule has 1 aliphatic rings. The van der Waals surface area contributed by atoms with Crippen molar-refractivity contribution in [3.8, 4) is 11.1 Å². The summed E-state index contributed by atoms with van der Waals surface area (Å²) in [7, 11) is 1.78. The molecule has 6 rings (SSSR count). The Balaban J connectivity index is 1.51. The molecular formula is C31H25ClN4O2. The van der Waals surface area contributed by atoms with Crippen molar-refractivity contribution in [2.45, 2.75) is 19.4 Å². The summed E-state index contributed by atoms with van der Waals surface area (Å²) in [4.78, 5) is 38.0. The Bertz CT molecular complexity index is 1800. The van der Waals surface area contributed by atoms with Gasteiger partial charge >= 0.3 is 5.69 Å². The first-order chi connectivity index (χ1) is 18.4. The number of fused-ring (bicyclic) bond motifs is 2. The molecule has 0 fully saturated rings. The topological polar surface area (TPSA) is 81.3 Å². The number of benzodiazepines with no additional fused rings is 1. The molecule has 1 amide bonds. The summed E-state index contributed by atoms with van der Waals surface area (Å²) in [5, 5.41) is 0.552. The van der Waals surface area contributed by atoms with E-state index in [-0.39, 0.29) is 11.6 Å². The molecule has 1 aliphatic heterocycles. The number of likely N-dealkylation sites (N-methyl/N-ethyl adjacent to an activating group) is 1. The maximum Gasteiger partial charge on any atom is 0.323 e. The maximum absolute atomic E-state index is 13.8. The van der Waals surface area contributed by atoms with Gasteiger partial charge in [-0.2, -0.15) is 0 Å². The second-order valence-electron chi connectivity index (χ2n) is 9.62. The van der Waals surface area contributed by atoms with E-state index in [9.17, 15) is 9.59 Å². The van der Waals surface area contributed by atoms with Crippen LogP contribution in [0.25, 0.3) is 22.2 Å². The first-order valence-electron chi connectivity index (χ1n) is 12.4. The Kier molecular flexibility index (Phi) is 5.97. The average molecular weight is 521 g/mol. The lowest BCUT2D eigenvalue weighted by Crippen LogP contribution is -2.36. The third-order valence-electron chi connectivity index (χ3n) is 7.02. The maximum atomic E-state index is 13.8. The van der Waals surface area contributed by atoms with Crippen molar-refractivity contribution in [1.29, 1.82) is 0 Å². The van der Waals surface area contributed by atoms with Crippen molar-refractivity contribution in [2.75, 3.05) is 11.9 Å². The molecular weight excluding hydrogens is 496 g/mol. The zero-order valence-corrected chi connectivity index (χ0v) is 21.7. The predicted molar refractivity (Wildman–Crippen MR) is 154 cm³/mol. The van der Waals surface area contributed by atoms with Crippen LogP contribution in [0.15, 0.2) is 94.7 Å². The molecule has 1 aromatic heterocycles. The average Bonchev–Trinajstić information content (AvgIpc) is 3.25. The van der Waals surface area contributed by atoms with E-state index in [4.69, 9.17) is 16.6 Å². The molecule has 0 spiro atoms. The second kappa shape index (κ2) is 9.47. The monoisotopic (exact) mass is 520 g/mol. The highest BCUT2D eigenvalue weighted by molar-refractivity contribution is 6.32. The fourth-order valence-corrected chi connectivity index (χ4v) is 5.33. The Labute approximate surface area is 224 Å². The normalized spacial score (nSPS) is 15.3. The molecule has 0 radical (unpaired) electrons. The van der Waals surface area contributed by atoms with E-state index in [1.54, 1.807) is 18.0 Å². The van der Waals surface area contributed by atoms with Gasteiger partial charge in [-0.05, 0) is 53.9 Å². The number of aliphatic imine (C=N–C) groups is 1. The van der Waals surface area contributed by atoms with Crippen LogP contribution >= 0.6 is 11.6 Å². The summed E-state index contributed by atoms with van der Waals surface area (Å²) in [5.74, 6) is -0.0984. The number of halogens is 1. The lowest BCUT2D eigenvalue weighted by atomic mass is 9.94. The highest BCUT2D eigenvalue weighted by Crippen LogP contribution is 2.33. The quantitative estimate of drug-likeness (QED) is 0.309. The van der Waals surface area contributed by atoms with Gasteiger partial charge in [-0.15, -0.1) is 0 Å². The van der Waals surface area contributed by atoms with Crippen molar-refractivity contribution >= 4 is 39.9 Å². The zero-order valence-electron chi connectivity index (χ0n) is 21.0. The number of aromatic nitrogens is 2.